The lowest BCUT2D eigenvalue weighted by Crippen LogP contribution is -2.39. The molecule has 0 unspecified atom stereocenters. The summed E-state index contributed by atoms with van der Waals surface area (Å²) in [6.45, 7) is 10.9. The van der Waals surface area contributed by atoms with E-state index in [0.717, 1.165) is 44.2 Å². The Hall–Kier alpha value is -1.51. The monoisotopic (exact) mass is 502 g/mol. The minimum Gasteiger partial charge on any atom is -0.491 e. The normalized spacial score (nSPS) is 14.2. The van der Waals surface area contributed by atoms with Crippen molar-refractivity contribution in [1.29, 1.82) is 0 Å². The second kappa shape index (κ2) is 13.6. The molecule has 0 aliphatic carbocycles. The van der Waals surface area contributed by atoms with E-state index in [0.29, 0.717) is 32.0 Å². The number of hydrogen-bond donors (Lipinski definition) is 2. The molecule has 1 heterocycles. The number of nitrogens with zero attached hydrogens (tertiary/aromatic N) is 2. The van der Waals surface area contributed by atoms with Crippen molar-refractivity contribution in [1.82, 2.24) is 15.5 Å². The van der Waals surface area contributed by atoms with Crippen molar-refractivity contribution in [2.45, 2.75) is 46.0 Å². The van der Waals surface area contributed by atoms with E-state index in [1.165, 1.54) is 5.56 Å². The van der Waals surface area contributed by atoms with Crippen LogP contribution in [0.5, 0.6) is 5.75 Å². The van der Waals surface area contributed by atoms with Gasteiger partial charge in [-0.2, -0.15) is 0 Å². The average Bonchev–Trinajstić information content (AvgIpc) is 3.07. The van der Waals surface area contributed by atoms with E-state index in [4.69, 9.17) is 4.74 Å². The number of aliphatic imine (C=N–C) groups is 1. The van der Waals surface area contributed by atoms with Crippen molar-refractivity contribution >= 4 is 35.8 Å². The number of carbonyl (C=O) groups is 1. The third-order valence-corrected chi connectivity index (χ3v) is 4.56. The summed E-state index contributed by atoms with van der Waals surface area (Å²) >= 11 is 0. The lowest BCUT2D eigenvalue weighted by Gasteiger charge is -2.16. The van der Waals surface area contributed by atoms with Crippen LogP contribution in [-0.4, -0.2) is 56.1 Å². The predicted molar refractivity (Wildman–Crippen MR) is 126 cm³/mol. The summed E-state index contributed by atoms with van der Waals surface area (Å²) in [6, 6.07) is 8.19. The summed E-state index contributed by atoms with van der Waals surface area (Å²) in [6.07, 6.45) is 2.58. The first-order valence-electron chi connectivity index (χ1n) is 10.1. The molecule has 0 atom stereocenters. The zero-order chi connectivity index (χ0) is 19.5. The van der Waals surface area contributed by atoms with Crippen LogP contribution in [0.15, 0.2) is 29.3 Å². The number of rotatable bonds is 10. The zero-order valence-corrected chi connectivity index (χ0v) is 19.7. The number of benzene rings is 1. The first kappa shape index (κ1) is 24.5. The van der Waals surface area contributed by atoms with Crippen molar-refractivity contribution in [3.63, 3.8) is 0 Å². The maximum Gasteiger partial charge on any atom is 0.222 e. The third-order valence-electron chi connectivity index (χ3n) is 4.56. The smallest absolute Gasteiger partial charge is 0.222 e. The number of likely N-dealkylation sites (tertiary alicyclic amines) is 1. The van der Waals surface area contributed by atoms with Gasteiger partial charge in [-0.1, -0.05) is 32.0 Å². The van der Waals surface area contributed by atoms with Gasteiger partial charge in [-0.15, -0.1) is 24.0 Å². The van der Waals surface area contributed by atoms with Crippen molar-refractivity contribution in [3.05, 3.63) is 29.8 Å². The van der Waals surface area contributed by atoms with Crippen LogP contribution in [-0.2, 0) is 4.79 Å². The maximum atomic E-state index is 11.6. The molecule has 2 rings (SSSR count). The summed E-state index contributed by atoms with van der Waals surface area (Å²) in [5, 5.41) is 6.56. The molecule has 0 aromatic heterocycles. The molecule has 1 aromatic carbocycles. The molecule has 0 saturated carbocycles. The van der Waals surface area contributed by atoms with Gasteiger partial charge in [-0.3, -0.25) is 9.79 Å². The highest BCUT2D eigenvalue weighted by Gasteiger charge is 2.18. The molecule has 7 heteroatoms. The Morgan fingerprint density at radius 2 is 2.07 bits per heavy atom. The molecule has 2 N–H and O–H groups in total. The standard InChI is InChI=1S/C21H34N4O2.HI/c1-4-22-21(23-12-8-15-25-14-7-11-20(25)26)24-13-16-27-19-10-6-5-9-18(19)17(2)3;/h5-6,9-10,17H,4,7-8,11-16H2,1-3H3,(H2,22,23,24);1H. The van der Waals surface area contributed by atoms with E-state index >= 15 is 0 Å². The van der Waals surface area contributed by atoms with Gasteiger partial charge in [-0.05, 0) is 37.3 Å². The molecular formula is C21H35IN4O2. The lowest BCUT2D eigenvalue weighted by atomic mass is 10.0. The summed E-state index contributed by atoms with van der Waals surface area (Å²) in [5.74, 6) is 2.47. The molecular weight excluding hydrogens is 467 g/mol. The van der Waals surface area contributed by atoms with Crippen LogP contribution < -0.4 is 15.4 Å². The predicted octanol–water partition coefficient (Wildman–Crippen LogP) is 3.37. The molecule has 1 aromatic rings. The van der Waals surface area contributed by atoms with Gasteiger partial charge in [-0.25, -0.2) is 0 Å². The molecule has 1 amide bonds. The molecule has 1 saturated heterocycles. The molecule has 158 valence electrons. The van der Waals surface area contributed by atoms with Crippen molar-refractivity contribution in [2.24, 2.45) is 4.99 Å². The van der Waals surface area contributed by atoms with Crippen LogP contribution in [0.2, 0.25) is 0 Å². The van der Waals surface area contributed by atoms with E-state index < -0.39 is 0 Å². The molecule has 6 nitrogen and oxygen atoms in total. The number of nitrogens with one attached hydrogen (secondary N) is 2. The molecule has 0 bridgehead atoms. The highest BCUT2D eigenvalue weighted by atomic mass is 127. The second-order valence-corrected chi connectivity index (χ2v) is 7.07. The van der Waals surface area contributed by atoms with Crippen molar-refractivity contribution in [2.75, 3.05) is 39.3 Å². The third kappa shape index (κ3) is 8.24. The number of hydrogen-bond acceptors (Lipinski definition) is 3. The number of carbonyl (C=O) groups excluding carboxylic acids is 1. The summed E-state index contributed by atoms with van der Waals surface area (Å²) in [4.78, 5) is 18.1. The fourth-order valence-electron chi connectivity index (χ4n) is 3.15. The Morgan fingerprint density at radius 1 is 1.29 bits per heavy atom. The van der Waals surface area contributed by atoms with E-state index in [1.807, 2.05) is 23.1 Å². The molecule has 1 fully saturated rings. The van der Waals surface area contributed by atoms with Crippen molar-refractivity contribution < 1.29 is 9.53 Å². The lowest BCUT2D eigenvalue weighted by molar-refractivity contribution is -0.127. The molecule has 0 spiro atoms. The summed E-state index contributed by atoms with van der Waals surface area (Å²) < 4.78 is 5.94. The van der Waals surface area contributed by atoms with Gasteiger partial charge in [0, 0.05) is 32.6 Å². The Labute approximate surface area is 186 Å². The van der Waals surface area contributed by atoms with Gasteiger partial charge >= 0.3 is 0 Å². The molecule has 1 aliphatic heterocycles. The van der Waals surface area contributed by atoms with Gasteiger partial charge in [0.2, 0.25) is 5.91 Å². The molecule has 0 radical (unpaired) electrons. The Balaban J connectivity index is 0.00000392. The van der Waals surface area contributed by atoms with Crippen LogP contribution in [0.3, 0.4) is 0 Å². The van der Waals surface area contributed by atoms with Crippen molar-refractivity contribution in [3.8, 4) is 5.75 Å². The second-order valence-electron chi connectivity index (χ2n) is 7.07. The number of guanidine groups is 1. The quantitative estimate of drug-likeness (QED) is 0.223. The fourth-order valence-corrected chi connectivity index (χ4v) is 3.15. The maximum absolute atomic E-state index is 11.6. The minimum atomic E-state index is 0. The van der Waals surface area contributed by atoms with Gasteiger partial charge in [0.05, 0.1) is 6.54 Å². The number of ether oxygens (including phenoxy) is 1. The Kier molecular flexibility index (Phi) is 11.9. The van der Waals surface area contributed by atoms with E-state index in [9.17, 15) is 4.79 Å². The fraction of sp³-hybridized carbons (Fsp3) is 0.619. The summed E-state index contributed by atoms with van der Waals surface area (Å²) in [7, 11) is 0. The van der Waals surface area contributed by atoms with Gasteiger partial charge in [0.1, 0.15) is 12.4 Å². The first-order chi connectivity index (χ1) is 13.1. The molecule has 28 heavy (non-hydrogen) atoms. The summed E-state index contributed by atoms with van der Waals surface area (Å²) in [5.41, 5.74) is 1.23. The number of halogens is 1. The van der Waals surface area contributed by atoms with E-state index in [-0.39, 0.29) is 29.9 Å². The van der Waals surface area contributed by atoms with Crippen LogP contribution in [0.1, 0.15) is 51.5 Å². The van der Waals surface area contributed by atoms with Crippen LogP contribution >= 0.6 is 24.0 Å². The largest absolute Gasteiger partial charge is 0.491 e. The topological polar surface area (TPSA) is 66.0 Å². The number of amides is 1. The van der Waals surface area contributed by atoms with Crippen LogP contribution in [0.4, 0.5) is 0 Å². The minimum absolute atomic E-state index is 0. The highest BCUT2D eigenvalue weighted by Crippen LogP contribution is 2.25. The highest BCUT2D eigenvalue weighted by molar-refractivity contribution is 14.0. The Bertz CT molecular complexity index is 622. The molecule has 1 aliphatic rings. The van der Waals surface area contributed by atoms with Gasteiger partial charge in [0.25, 0.3) is 0 Å². The van der Waals surface area contributed by atoms with E-state index in [1.54, 1.807) is 0 Å². The van der Waals surface area contributed by atoms with Crippen LogP contribution in [0.25, 0.3) is 0 Å². The van der Waals surface area contributed by atoms with Gasteiger partial charge in [0.15, 0.2) is 5.96 Å². The number of para-hydroxylation sites is 1. The van der Waals surface area contributed by atoms with E-state index in [2.05, 4.69) is 42.5 Å². The SMILES string of the molecule is CCNC(=NCCCN1CCCC1=O)NCCOc1ccccc1C(C)C.I. The van der Waals surface area contributed by atoms with Crippen LogP contribution in [0, 0.1) is 0 Å². The first-order valence-corrected chi connectivity index (χ1v) is 10.1. The van der Waals surface area contributed by atoms with Gasteiger partial charge < -0.3 is 20.3 Å². The average molecular weight is 502 g/mol. The Morgan fingerprint density at radius 3 is 2.75 bits per heavy atom. The zero-order valence-electron chi connectivity index (χ0n) is 17.4.